The topological polar surface area (TPSA) is 15.8 Å². The van der Waals surface area contributed by atoms with Crippen LogP contribution in [0.3, 0.4) is 0 Å². The Labute approximate surface area is 94.0 Å². The van der Waals surface area contributed by atoms with E-state index < -0.39 is 0 Å². The highest BCUT2D eigenvalue weighted by atomic mass is 16.6. The van der Waals surface area contributed by atoms with E-state index in [1.54, 1.807) is 0 Å². The maximum absolute atomic E-state index is 5.36. The Hall–Kier alpha value is -0.0800. The normalized spacial score (nSPS) is 26.8. The van der Waals surface area contributed by atoms with Crippen LogP contribution < -0.4 is 0 Å². The van der Waals surface area contributed by atoms with Crippen LogP contribution in [0.5, 0.6) is 0 Å². The highest BCUT2D eigenvalue weighted by molar-refractivity contribution is 4.82. The highest BCUT2D eigenvalue weighted by Crippen LogP contribution is 2.26. The predicted octanol–water partition coefficient (Wildman–Crippen LogP) is 2.68. The molecule has 1 atom stereocenters. The Balaban J connectivity index is 1.77. The molecule has 2 aliphatic rings. The quantitative estimate of drug-likeness (QED) is 0.628. The number of hydrogen-bond acceptors (Lipinski definition) is 2. The summed E-state index contributed by atoms with van der Waals surface area (Å²) in [6.45, 7) is 8.12. The molecule has 1 unspecified atom stereocenters. The lowest BCUT2D eigenvalue weighted by molar-refractivity contribution is 0.171. The molecule has 0 spiro atoms. The summed E-state index contributed by atoms with van der Waals surface area (Å²) in [6.07, 6.45) is 7.62. The minimum Gasteiger partial charge on any atom is -0.372 e. The third-order valence-corrected chi connectivity index (χ3v) is 3.68. The summed E-state index contributed by atoms with van der Waals surface area (Å²) >= 11 is 0. The third kappa shape index (κ3) is 3.76. The van der Waals surface area contributed by atoms with Crippen molar-refractivity contribution in [3.8, 4) is 0 Å². The number of hydrogen-bond donors (Lipinski definition) is 0. The first-order valence-corrected chi connectivity index (χ1v) is 6.61. The Morgan fingerprint density at radius 3 is 2.47 bits per heavy atom. The van der Waals surface area contributed by atoms with Gasteiger partial charge in [-0.05, 0) is 31.7 Å². The van der Waals surface area contributed by atoms with Gasteiger partial charge in [0, 0.05) is 12.6 Å². The largest absolute Gasteiger partial charge is 0.372 e. The van der Waals surface area contributed by atoms with Crippen LogP contribution in [0.4, 0.5) is 0 Å². The third-order valence-electron chi connectivity index (χ3n) is 3.68. The van der Waals surface area contributed by atoms with Gasteiger partial charge in [-0.2, -0.15) is 0 Å². The minimum absolute atomic E-state index is 0.567. The van der Waals surface area contributed by atoms with Crippen molar-refractivity contribution in [1.29, 1.82) is 0 Å². The second kappa shape index (κ2) is 5.31. The van der Waals surface area contributed by atoms with Crippen LogP contribution in [0.15, 0.2) is 0 Å². The molecule has 1 saturated heterocycles. The molecule has 0 radical (unpaired) electrons. The molecule has 1 aliphatic heterocycles. The molecule has 0 amide bonds. The first-order valence-electron chi connectivity index (χ1n) is 6.61. The van der Waals surface area contributed by atoms with Gasteiger partial charge in [0.1, 0.15) is 0 Å². The summed E-state index contributed by atoms with van der Waals surface area (Å²) in [6, 6.07) is 0.868. The fraction of sp³-hybridized carbons (Fsp3) is 1.00. The van der Waals surface area contributed by atoms with Gasteiger partial charge in [0.15, 0.2) is 0 Å². The molecule has 1 heterocycles. The summed E-state index contributed by atoms with van der Waals surface area (Å²) in [4.78, 5) is 2.70. The van der Waals surface area contributed by atoms with Crippen LogP contribution in [0.1, 0.15) is 46.0 Å². The maximum Gasteiger partial charge on any atom is 0.0936 e. The number of ether oxygens (including phenoxy) is 1. The van der Waals surface area contributed by atoms with Crippen molar-refractivity contribution in [2.45, 2.75) is 58.1 Å². The van der Waals surface area contributed by atoms with Gasteiger partial charge >= 0.3 is 0 Å². The fourth-order valence-corrected chi connectivity index (χ4v) is 2.55. The van der Waals surface area contributed by atoms with E-state index in [2.05, 4.69) is 18.7 Å². The van der Waals surface area contributed by atoms with E-state index >= 15 is 0 Å². The van der Waals surface area contributed by atoms with Gasteiger partial charge in [0.25, 0.3) is 0 Å². The zero-order valence-corrected chi connectivity index (χ0v) is 10.2. The highest BCUT2D eigenvalue weighted by Gasteiger charge is 2.30. The molecule has 2 heteroatoms. The fourth-order valence-electron chi connectivity index (χ4n) is 2.55. The standard InChI is InChI=1S/C13H25NO/c1-11(2)7-8-14(9-13-10-15-13)12-5-3-4-6-12/h11-13H,3-10H2,1-2H3. The van der Waals surface area contributed by atoms with Gasteiger partial charge in [0.2, 0.25) is 0 Å². The molecule has 2 rings (SSSR count). The SMILES string of the molecule is CC(C)CCN(CC1CO1)C1CCCC1. The van der Waals surface area contributed by atoms with Crippen molar-refractivity contribution in [2.75, 3.05) is 19.7 Å². The lowest BCUT2D eigenvalue weighted by Crippen LogP contribution is -2.37. The van der Waals surface area contributed by atoms with Gasteiger partial charge in [-0.25, -0.2) is 0 Å². The van der Waals surface area contributed by atoms with Crippen molar-refractivity contribution in [3.63, 3.8) is 0 Å². The average Bonchev–Trinajstić information content (AvgIpc) is 2.84. The van der Waals surface area contributed by atoms with E-state index in [1.807, 2.05) is 0 Å². The molecule has 0 aromatic rings. The Morgan fingerprint density at radius 1 is 1.27 bits per heavy atom. The summed E-state index contributed by atoms with van der Waals surface area (Å²) in [5.41, 5.74) is 0. The van der Waals surface area contributed by atoms with Crippen LogP contribution in [0, 0.1) is 5.92 Å². The van der Waals surface area contributed by atoms with Gasteiger partial charge in [-0.15, -0.1) is 0 Å². The summed E-state index contributed by atoms with van der Waals surface area (Å²) in [5, 5.41) is 0. The van der Waals surface area contributed by atoms with Gasteiger partial charge in [0.05, 0.1) is 12.7 Å². The van der Waals surface area contributed by atoms with Crippen LogP contribution in [0.2, 0.25) is 0 Å². The summed E-state index contributed by atoms with van der Waals surface area (Å²) < 4.78 is 5.36. The van der Waals surface area contributed by atoms with Crippen LogP contribution in [0.25, 0.3) is 0 Å². The molecular weight excluding hydrogens is 186 g/mol. The molecule has 88 valence electrons. The van der Waals surface area contributed by atoms with E-state index in [1.165, 1.54) is 45.2 Å². The van der Waals surface area contributed by atoms with E-state index in [4.69, 9.17) is 4.74 Å². The predicted molar refractivity (Wildman–Crippen MR) is 63.0 cm³/mol. The molecule has 1 aliphatic carbocycles. The second-order valence-electron chi connectivity index (χ2n) is 5.57. The first kappa shape index (κ1) is 11.4. The molecule has 0 aromatic carbocycles. The number of epoxide rings is 1. The van der Waals surface area contributed by atoms with Gasteiger partial charge in [-0.1, -0.05) is 26.7 Å². The molecule has 2 nitrogen and oxygen atoms in total. The zero-order chi connectivity index (χ0) is 10.7. The monoisotopic (exact) mass is 211 g/mol. The van der Waals surface area contributed by atoms with Gasteiger partial charge in [-0.3, -0.25) is 4.90 Å². The Kier molecular flexibility index (Phi) is 4.04. The minimum atomic E-state index is 0.567. The van der Waals surface area contributed by atoms with Crippen molar-refractivity contribution < 1.29 is 4.74 Å². The van der Waals surface area contributed by atoms with E-state index in [-0.39, 0.29) is 0 Å². The van der Waals surface area contributed by atoms with Crippen LogP contribution in [-0.4, -0.2) is 36.7 Å². The van der Waals surface area contributed by atoms with E-state index in [0.29, 0.717) is 6.10 Å². The second-order valence-corrected chi connectivity index (χ2v) is 5.57. The lowest BCUT2D eigenvalue weighted by atomic mass is 10.1. The molecule has 1 saturated carbocycles. The Bertz CT molecular complexity index is 183. The zero-order valence-electron chi connectivity index (χ0n) is 10.2. The smallest absolute Gasteiger partial charge is 0.0936 e. The van der Waals surface area contributed by atoms with Crippen molar-refractivity contribution in [3.05, 3.63) is 0 Å². The van der Waals surface area contributed by atoms with Crippen LogP contribution in [-0.2, 0) is 4.74 Å². The Morgan fingerprint density at radius 2 is 1.93 bits per heavy atom. The lowest BCUT2D eigenvalue weighted by Gasteiger charge is -2.28. The molecule has 15 heavy (non-hydrogen) atoms. The maximum atomic E-state index is 5.36. The molecule has 2 fully saturated rings. The van der Waals surface area contributed by atoms with E-state index in [9.17, 15) is 0 Å². The first-order chi connectivity index (χ1) is 7.25. The molecular formula is C13H25NO. The van der Waals surface area contributed by atoms with E-state index in [0.717, 1.165) is 18.6 Å². The number of nitrogens with zero attached hydrogens (tertiary/aromatic N) is 1. The van der Waals surface area contributed by atoms with Gasteiger partial charge < -0.3 is 4.74 Å². The molecule has 0 bridgehead atoms. The summed E-state index contributed by atoms with van der Waals surface area (Å²) in [7, 11) is 0. The van der Waals surface area contributed by atoms with Crippen molar-refractivity contribution >= 4 is 0 Å². The molecule has 0 aromatic heterocycles. The number of rotatable bonds is 6. The van der Waals surface area contributed by atoms with Crippen molar-refractivity contribution in [1.82, 2.24) is 4.90 Å². The van der Waals surface area contributed by atoms with Crippen LogP contribution >= 0.6 is 0 Å². The average molecular weight is 211 g/mol. The molecule has 0 N–H and O–H groups in total. The van der Waals surface area contributed by atoms with Crippen molar-refractivity contribution in [2.24, 2.45) is 5.92 Å². The summed E-state index contributed by atoms with van der Waals surface area (Å²) in [5.74, 6) is 0.828.